The van der Waals surface area contributed by atoms with Crippen molar-refractivity contribution in [2.45, 2.75) is 13.5 Å². The van der Waals surface area contributed by atoms with E-state index in [0.29, 0.717) is 6.54 Å². The molecule has 0 unspecified atom stereocenters. The Bertz CT molecular complexity index is 504. The predicted molar refractivity (Wildman–Crippen MR) is 73.3 cm³/mol. The normalized spacial score (nSPS) is 10.1. The summed E-state index contributed by atoms with van der Waals surface area (Å²) in [6, 6.07) is 1.85. The minimum Gasteiger partial charge on any atom is -0.369 e. The van der Waals surface area contributed by atoms with Gasteiger partial charge in [-0.1, -0.05) is 0 Å². The molecule has 0 atom stereocenters. The average molecular weight is 309 g/mol. The van der Waals surface area contributed by atoms with Gasteiger partial charge in [0, 0.05) is 12.7 Å². The second-order valence-corrected chi connectivity index (χ2v) is 4.26. The number of halogens is 1. The van der Waals surface area contributed by atoms with Gasteiger partial charge in [0.15, 0.2) is 0 Å². The third-order valence-electron chi connectivity index (χ3n) is 2.21. The van der Waals surface area contributed by atoms with Crippen LogP contribution in [0.25, 0.3) is 0 Å². The zero-order chi connectivity index (χ0) is 12.8. The monoisotopic (exact) mass is 308 g/mol. The summed E-state index contributed by atoms with van der Waals surface area (Å²) in [4.78, 5) is 16.3. The minimum atomic E-state index is 0.587. The molecule has 0 aromatic carbocycles. The van der Waals surface area contributed by atoms with Gasteiger partial charge in [0.2, 0.25) is 0 Å². The van der Waals surface area contributed by atoms with E-state index in [4.69, 9.17) is 0 Å². The quantitative estimate of drug-likeness (QED) is 0.880. The van der Waals surface area contributed by atoms with Crippen LogP contribution in [0.4, 0.5) is 11.6 Å². The maximum atomic E-state index is 4.18. The molecule has 2 heterocycles. The molecule has 2 aromatic heterocycles. The van der Waals surface area contributed by atoms with Crippen molar-refractivity contribution in [1.29, 1.82) is 0 Å². The van der Waals surface area contributed by atoms with Crippen molar-refractivity contribution in [3.05, 3.63) is 35.1 Å². The molecule has 0 saturated carbocycles. The fraction of sp³-hybridized carbons (Fsp3) is 0.273. The van der Waals surface area contributed by atoms with Crippen molar-refractivity contribution in [2.75, 3.05) is 17.2 Å². The Morgan fingerprint density at radius 1 is 1.11 bits per heavy atom. The highest BCUT2D eigenvalue weighted by molar-refractivity contribution is 9.10. The molecule has 0 saturated heterocycles. The smallest absolute Gasteiger partial charge is 0.146 e. The fourth-order valence-corrected chi connectivity index (χ4v) is 1.87. The Morgan fingerprint density at radius 2 is 1.89 bits per heavy atom. The first kappa shape index (κ1) is 12.7. The molecule has 18 heavy (non-hydrogen) atoms. The summed E-state index contributed by atoms with van der Waals surface area (Å²) in [5, 5.41) is 6.35. The fourth-order valence-electron chi connectivity index (χ4n) is 1.38. The summed E-state index contributed by atoms with van der Waals surface area (Å²) in [5.41, 5.74) is 0.903. The Morgan fingerprint density at radius 3 is 2.56 bits per heavy atom. The Labute approximate surface area is 113 Å². The van der Waals surface area contributed by atoms with Crippen LogP contribution in [0.2, 0.25) is 0 Å². The summed E-state index contributed by atoms with van der Waals surface area (Å²) in [5.74, 6) is 1.51. The number of hydrogen-bond acceptors (Lipinski definition) is 6. The van der Waals surface area contributed by atoms with E-state index >= 15 is 0 Å². The van der Waals surface area contributed by atoms with Crippen molar-refractivity contribution in [2.24, 2.45) is 0 Å². The molecular weight excluding hydrogens is 296 g/mol. The van der Waals surface area contributed by atoms with Gasteiger partial charge in [0.05, 0.1) is 12.2 Å². The molecule has 0 aliphatic rings. The number of nitrogens with one attached hydrogen (secondary N) is 2. The van der Waals surface area contributed by atoms with E-state index in [-0.39, 0.29) is 0 Å². The molecule has 0 fully saturated rings. The molecule has 0 aliphatic heterocycles. The van der Waals surface area contributed by atoms with Crippen LogP contribution in [0.5, 0.6) is 0 Å². The topological polar surface area (TPSA) is 75.6 Å². The van der Waals surface area contributed by atoms with Crippen molar-refractivity contribution >= 4 is 27.6 Å². The molecule has 0 bridgehead atoms. The van der Waals surface area contributed by atoms with Crippen molar-refractivity contribution in [3.63, 3.8) is 0 Å². The standard InChI is InChI=1S/C11H13BrN6/c1-2-14-10-9(12)11(18-7-17-10)15-5-8-3-4-13-6-16-8/h3-4,6-7H,2,5H2,1H3,(H2,14,15,17,18). The first-order chi connectivity index (χ1) is 8.81. The largest absolute Gasteiger partial charge is 0.369 e. The second kappa shape index (κ2) is 6.25. The Balaban J connectivity index is 2.08. The van der Waals surface area contributed by atoms with Crippen molar-refractivity contribution < 1.29 is 0 Å². The Hall–Kier alpha value is -1.76. The van der Waals surface area contributed by atoms with E-state index in [0.717, 1.165) is 28.3 Å². The van der Waals surface area contributed by atoms with Gasteiger partial charge in [0.25, 0.3) is 0 Å². The van der Waals surface area contributed by atoms with E-state index in [1.807, 2.05) is 13.0 Å². The molecular formula is C11H13BrN6. The highest BCUT2D eigenvalue weighted by Gasteiger charge is 2.07. The first-order valence-electron chi connectivity index (χ1n) is 5.54. The third kappa shape index (κ3) is 3.13. The van der Waals surface area contributed by atoms with Gasteiger partial charge >= 0.3 is 0 Å². The van der Waals surface area contributed by atoms with Crippen molar-refractivity contribution in [1.82, 2.24) is 19.9 Å². The molecule has 7 heteroatoms. The molecule has 0 spiro atoms. The number of hydrogen-bond donors (Lipinski definition) is 2. The summed E-state index contributed by atoms with van der Waals surface area (Å²) in [6.07, 6.45) is 4.75. The summed E-state index contributed by atoms with van der Waals surface area (Å²) in [7, 11) is 0. The van der Waals surface area contributed by atoms with E-state index in [1.54, 1.807) is 6.20 Å². The Kier molecular flexibility index (Phi) is 4.40. The second-order valence-electron chi connectivity index (χ2n) is 3.47. The van der Waals surface area contributed by atoms with E-state index < -0.39 is 0 Å². The molecule has 0 aliphatic carbocycles. The van der Waals surface area contributed by atoms with Gasteiger partial charge in [0.1, 0.15) is 28.8 Å². The number of aromatic nitrogens is 4. The average Bonchev–Trinajstić information content (AvgIpc) is 2.41. The molecule has 0 radical (unpaired) electrons. The molecule has 0 amide bonds. The van der Waals surface area contributed by atoms with Gasteiger partial charge in [-0.2, -0.15) is 0 Å². The third-order valence-corrected chi connectivity index (χ3v) is 2.97. The summed E-state index contributed by atoms with van der Waals surface area (Å²) in [6.45, 7) is 3.41. The first-order valence-corrected chi connectivity index (χ1v) is 6.33. The SMILES string of the molecule is CCNc1ncnc(NCc2ccncn2)c1Br. The van der Waals surface area contributed by atoms with Gasteiger partial charge < -0.3 is 10.6 Å². The summed E-state index contributed by atoms with van der Waals surface area (Å²) < 4.78 is 0.820. The van der Waals surface area contributed by atoms with Gasteiger partial charge in [-0.05, 0) is 28.9 Å². The lowest BCUT2D eigenvalue weighted by Gasteiger charge is -2.10. The maximum Gasteiger partial charge on any atom is 0.146 e. The molecule has 94 valence electrons. The van der Waals surface area contributed by atoms with Crippen LogP contribution in [-0.4, -0.2) is 26.5 Å². The van der Waals surface area contributed by atoms with Crippen LogP contribution in [0, 0.1) is 0 Å². The molecule has 2 N–H and O–H groups in total. The van der Waals surface area contributed by atoms with Crippen LogP contribution in [0.3, 0.4) is 0 Å². The lowest BCUT2D eigenvalue weighted by molar-refractivity contribution is 0.986. The highest BCUT2D eigenvalue weighted by Crippen LogP contribution is 2.26. The zero-order valence-corrected chi connectivity index (χ0v) is 11.5. The number of rotatable bonds is 5. The highest BCUT2D eigenvalue weighted by atomic mass is 79.9. The molecule has 2 rings (SSSR count). The number of nitrogens with zero attached hydrogens (tertiary/aromatic N) is 4. The van der Waals surface area contributed by atoms with E-state index in [2.05, 4.69) is 46.5 Å². The van der Waals surface area contributed by atoms with E-state index in [1.165, 1.54) is 12.7 Å². The van der Waals surface area contributed by atoms with Crippen LogP contribution in [0.1, 0.15) is 12.6 Å². The van der Waals surface area contributed by atoms with Crippen molar-refractivity contribution in [3.8, 4) is 0 Å². The van der Waals surface area contributed by atoms with E-state index in [9.17, 15) is 0 Å². The van der Waals surface area contributed by atoms with Crippen LogP contribution in [-0.2, 0) is 6.54 Å². The maximum absolute atomic E-state index is 4.18. The predicted octanol–water partition coefficient (Wildman–Crippen LogP) is 2.07. The van der Waals surface area contributed by atoms with Gasteiger partial charge in [-0.3, -0.25) is 0 Å². The summed E-state index contributed by atoms with van der Waals surface area (Å²) >= 11 is 3.47. The molecule has 6 nitrogen and oxygen atoms in total. The van der Waals surface area contributed by atoms with Gasteiger partial charge in [-0.25, -0.2) is 19.9 Å². The zero-order valence-electron chi connectivity index (χ0n) is 9.89. The molecule has 2 aromatic rings. The minimum absolute atomic E-state index is 0.587. The lowest BCUT2D eigenvalue weighted by atomic mass is 10.4. The van der Waals surface area contributed by atoms with Crippen LogP contribution < -0.4 is 10.6 Å². The van der Waals surface area contributed by atoms with Crippen LogP contribution in [0.15, 0.2) is 29.4 Å². The number of anilines is 2. The van der Waals surface area contributed by atoms with Crippen LogP contribution >= 0.6 is 15.9 Å². The van der Waals surface area contributed by atoms with Gasteiger partial charge in [-0.15, -0.1) is 0 Å². The lowest BCUT2D eigenvalue weighted by Crippen LogP contribution is -2.07.